The third-order valence-corrected chi connectivity index (χ3v) is 5.43. The van der Waals surface area contributed by atoms with E-state index in [1.54, 1.807) is 5.57 Å². The summed E-state index contributed by atoms with van der Waals surface area (Å²) in [6.45, 7) is 4.70. The topological polar surface area (TPSA) is 0 Å². The van der Waals surface area contributed by atoms with Crippen LogP contribution in [0.2, 0.25) is 0 Å². The maximum atomic E-state index is 2.47. The summed E-state index contributed by atoms with van der Waals surface area (Å²) >= 11 is 2.20. The van der Waals surface area contributed by atoms with Gasteiger partial charge in [0, 0.05) is 10.00 Å². The van der Waals surface area contributed by atoms with Crippen LogP contribution in [0.15, 0.2) is 23.8 Å². The lowest BCUT2D eigenvalue weighted by atomic mass is 9.86. The van der Waals surface area contributed by atoms with Crippen LogP contribution >= 0.6 is 11.8 Å². The van der Waals surface area contributed by atoms with Crippen molar-refractivity contribution in [3.8, 4) is 0 Å². The zero-order valence-corrected chi connectivity index (χ0v) is 11.5. The first kappa shape index (κ1) is 12.3. The molecule has 0 nitrogen and oxygen atoms in total. The van der Waals surface area contributed by atoms with Gasteiger partial charge in [0.1, 0.15) is 0 Å². The second-order valence-corrected chi connectivity index (χ2v) is 7.26. The first-order valence-corrected chi connectivity index (χ1v) is 7.65. The molecule has 0 aliphatic heterocycles. The standard InChI is InChI=1S/C15H24S/c1-3-4-6-13-7-9-14(10-8-13)16-15(2)11-5-12-15/h7-9,14H,3-6,10-12H2,1-2H3. The number of rotatable bonds is 5. The van der Waals surface area contributed by atoms with Crippen LogP contribution in [-0.2, 0) is 0 Å². The van der Waals surface area contributed by atoms with E-state index in [4.69, 9.17) is 0 Å². The molecule has 0 saturated heterocycles. The van der Waals surface area contributed by atoms with Crippen molar-refractivity contribution in [3.63, 3.8) is 0 Å². The molecule has 0 spiro atoms. The monoisotopic (exact) mass is 236 g/mol. The molecule has 1 heteroatoms. The number of allylic oxidation sites excluding steroid dienone is 3. The molecule has 0 aromatic carbocycles. The highest BCUT2D eigenvalue weighted by atomic mass is 32.2. The van der Waals surface area contributed by atoms with Gasteiger partial charge in [-0.15, -0.1) is 11.8 Å². The van der Waals surface area contributed by atoms with Gasteiger partial charge in [0.25, 0.3) is 0 Å². The summed E-state index contributed by atoms with van der Waals surface area (Å²) in [5.41, 5.74) is 1.57. The van der Waals surface area contributed by atoms with Gasteiger partial charge in [0.15, 0.2) is 0 Å². The van der Waals surface area contributed by atoms with Crippen molar-refractivity contribution in [3.05, 3.63) is 23.8 Å². The van der Waals surface area contributed by atoms with Gasteiger partial charge in [0.2, 0.25) is 0 Å². The zero-order chi connectivity index (χ0) is 11.4. The molecule has 1 unspecified atom stereocenters. The first-order valence-electron chi connectivity index (χ1n) is 6.77. The van der Waals surface area contributed by atoms with Gasteiger partial charge in [-0.05, 0) is 32.1 Å². The molecule has 0 bridgehead atoms. The third kappa shape index (κ3) is 3.16. The highest BCUT2D eigenvalue weighted by Crippen LogP contribution is 2.47. The van der Waals surface area contributed by atoms with Crippen molar-refractivity contribution in [2.24, 2.45) is 0 Å². The fraction of sp³-hybridized carbons (Fsp3) is 0.733. The molecule has 2 aliphatic rings. The van der Waals surface area contributed by atoms with Crippen molar-refractivity contribution >= 4 is 11.8 Å². The maximum Gasteiger partial charge on any atom is 0.0270 e. The van der Waals surface area contributed by atoms with E-state index >= 15 is 0 Å². The summed E-state index contributed by atoms with van der Waals surface area (Å²) in [6, 6.07) is 0. The fourth-order valence-corrected chi connectivity index (χ4v) is 4.06. The quantitative estimate of drug-likeness (QED) is 0.639. The lowest BCUT2D eigenvalue weighted by molar-refractivity contribution is 0.391. The van der Waals surface area contributed by atoms with E-state index < -0.39 is 0 Å². The molecule has 0 aromatic heterocycles. The summed E-state index contributed by atoms with van der Waals surface area (Å²) in [6.07, 6.45) is 16.8. The van der Waals surface area contributed by atoms with E-state index in [1.807, 2.05) is 0 Å². The van der Waals surface area contributed by atoms with E-state index in [-0.39, 0.29) is 0 Å². The van der Waals surface area contributed by atoms with Crippen LogP contribution < -0.4 is 0 Å². The Labute approximate surface area is 105 Å². The second kappa shape index (κ2) is 5.44. The highest BCUT2D eigenvalue weighted by molar-refractivity contribution is 8.01. The Bertz CT molecular complexity index is 284. The summed E-state index contributed by atoms with van der Waals surface area (Å²) in [5.74, 6) is 0. The smallest absolute Gasteiger partial charge is 0.0270 e. The molecule has 0 N–H and O–H groups in total. The fourth-order valence-electron chi connectivity index (χ4n) is 2.46. The van der Waals surface area contributed by atoms with Crippen LogP contribution in [0.5, 0.6) is 0 Å². The van der Waals surface area contributed by atoms with Crippen LogP contribution in [0.4, 0.5) is 0 Å². The molecule has 90 valence electrons. The largest absolute Gasteiger partial charge is 0.148 e. The Morgan fingerprint density at radius 2 is 2.25 bits per heavy atom. The van der Waals surface area contributed by atoms with Crippen LogP contribution in [0.25, 0.3) is 0 Å². The highest BCUT2D eigenvalue weighted by Gasteiger charge is 2.34. The normalized spacial score (nSPS) is 27.4. The van der Waals surface area contributed by atoms with Crippen LogP contribution in [-0.4, -0.2) is 10.00 Å². The van der Waals surface area contributed by atoms with Gasteiger partial charge in [-0.25, -0.2) is 0 Å². The summed E-state index contributed by atoms with van der Waals surface area (Å²) < 4.78 is 0.601. The molecule has 1 fully saturated rings. The van der Waals surface area contributed by atoms with Crippen molar-refractivity contribution < 1.29 is 0 Å². The van der Waals surface area contributed by atoms with E-state index in [9.17, 15) is 0 Å². The molecule has 16 heavy (non-hydrogen) atoms. The van der Waals surface area contributed by atoms with Crippen LogP contribution in [0.1, 0.15) is 58.8 Å². The third-order valence-electron chi connectivity index (χ3n) is 3.80. The molecule has 2 rings (SSSR count). The van der Waals surface area contributed by atoms with Gasteiger partial charge in [0.05, 0.1) is 0 Å². The Morgan fingerprint density at radius 1 is 1.44 bits per heavy atom. The summed E-state index contributed by atoms with van der Waals surface area (Å²) in [4.78, 5) is 0. The van der Waals surface area contributed by atoms with E-state index in [0.717, 1.165) is 5.25 Å². The Hall–Kier alpha value is -0.170. The van der Waals surface area contributed by atoms with Gasteiger partial charge in [-0.3, -0.25) is 0 Å². The molecule has 1 atom stereocenters. The SMILES string of the molecule is CCCCC1=CCC(SC2(C)CCC2)C=C1. The lowest BCUT2D eigenvalue weighted by Gasteiger charge is -2.40. The van der Waals surface area contributed by atoms with Crippen molar-refractivity contribution in [1.29, 1.82) is 0 Å². The van der Waals surface area contributed by atoms with Gasteiger partial charge in [-0.1, -0.05) is 50.5 Å². The zero-order valence-electron chi connectivity index (χ0n) is 10.7. The second-order valence-electron chi connectivity index (χ2n) is 5.44. The number of hydrogen-bond donors (Lipinski definition) is 0. The van der Waals surface area contributed by atoms with Gasteiger partial charge in [-0.2, -0.15) is 0 Å². The predicted molar refractivity (Wildman–Crippen MR) is 75.0 cm³/mol. The minimum atomic E-state index is 0.601. The van der Waals surface area contributed by atoms with E-state index in [2.05, 4.69) is 43.8 Å². The van der Waals surface area contributed by atoms with Crippen LogP contribution in [0, 0.1) is 0 Å². The van der Waals surface area contributed by atoms with E-state index in [1.165, 1.54) is 44.9 Å². The summed E-state index contributed by atoms with van der Waals surface area (Å²) in [5, 5.41) is 0.746. The molecule has 1 saturated carbocycles. The minimum absolute atomic E-state index is 0.601. The lowest BCUT2D eigenvalue weighted by Crippen LogP contribution is -2.31. The molecular formula is C15H24S. The molecule has 0 radical (unpaired) electrons. The molecule has 0 amide bonds. The summed E-state index contributed by atoms with van der Waals surface area (Å²) in [7, 11) is 0. The molecular weight excluding hydrogens is 212 g/mol. The number of thioether (sulfide) groups is 1. The number of hydrogen-bond acceptors (Lipinski definition) is 1. The van der Waals surface area contributed by atoms with Crippen molar-refractivity contribution in [2.75, 3.05) is 0 Å². The Balaban J connectivity index is 1.76. The Morgan fingerprint density at radius 3 is 2.75 bits per heavy atom. The Kier molecular flexibility index (Phi) is 4.18. The molecule has 0 heterocycles. The van der Waals surface area contributed by atoms with E-state index in [0.29, 0.717) is 4.75 Å². The van der Waals surface area contributed by atoms with Gasteiger partial charge >= 0.3 is 0 Å². The number of unbranched alkanes of at least 4 members (excludes halogenated alkanes) is 1. The molecule has 0 aromatic rings. The molecule has 2 aliphatic carbocycles. The maximum absolute atomic E-state index is 2.47. The first-order chi connectivity index (χ1) is 7.72. The predicted octanol–water partition coefficient (Wildman–Crippen LogP) is 5.11. The van der Waals surface area contributed by atoms with Crippen molar-refractivity contribution in [2.45, 2.75) is 68.8 Å². The average molecular weight is 236 g/mol. The minimum Gasteiger partial charge on any atom is -0.148 e. The van der Waals surface area contributed by atoms with Crippen LogP contribution in [0.3, 0.4) is 0 Å². The average Bonchev–Trinajstić information content (AvgIpc) is 2.26. The van der Waals surface area contributed by atoms with Crippen molar-refractivity contribution in [1.82, 2.24) is 0 Å². The van der Waals surface area contributed by atoms with Gasteiger partial charge < -0.3 is 0 Å².